The number of nitrogens with one attached hydrogen (secondary N) is 1. The lowest BCUT2D eigenvalue weighted by atomic mass is 9.97. The van der Waals surface area contributed by atoms with Crippen molar-refractivity contribution in [1.29, 1.82) is 0 Å². The van der Waals surface area contributed by atoms with Crippen molar-refractivity contribution in [3.05, 3.63) is 12.3 Å². The van der Waals surface area contributed by atoms with Crippen LogP contribution in [-0.2, 0) is 0 Å². The molecule has 0 aromatic rings. The summed E-state index contributed by atoms with van der Waals surface area (Å²) < 4.78 is 0. The predicted octanol–water partition coefficient (Wildman–Crippen LogP) is 2.16. The van der Waals surface area contributed by atoms with Crippen LogP contribution in [0.3, 0.4) is 0 Å². The number of allylic oxidation sites excluding steroid dienone is 1. The molecule has 1 nitrogen and oxygen atoms in total. The van der Waals surface area contributed by atoms with Crippen LogP contribution >= 0.6 is 0 Å². The normalized spacial score (nSPS) is 12.4. The van der Waals surface area contributed by atoms with Gasteiger partial charge in [0, 0.05) is 6.54 Å². The Hall–Kier alpha value is -0.460. The summed E-state index contributed by atoms with van der Waals surface area (Å²) in [5.41, 5.74) is 0.388. The van der Waals surface area contributed by atoms with Gasteiger partial charge in [0.15, 0.2) is 0 Å². The molecule has 0 fully saturated rings. The van der Waals surface area contributed by atoms with Crippen LogP contribution < -0.4 is 5.32 Å². The zero-order valence-electron chi connectivity index (χ0n) is 6.86. The van der Waals surface area contributed by atoms with Crippen LogP contribution in [0.25, 0.3) is 0 Å². The zero-order chi connectivity index (χ0) is 7.33. The van der Waals surface area contributed by atoms with Gasteiger partial charge in [0.05, 0.1) is 0 Å². The van der Waals surface area contributed by atoms with Crippen LogP contribution in [0.1, 0.15) is 27.7 Å². The van der Waals surface area contributed by atoms with Gasteiger partial charge in [0.2, 0.25) is 0 Å². The minimum atomic E-state index is 0.388. The molecule has 0 unspecified atom stereocenters. The molecule has 0 aliphatic heterocycles. The standard InChI is InChI=1S/C8H17N/c1-5-6-9-7-8(2,3)4/h5-6,9H,7H2,1-4H3/b6-5-. The summed E-state index contributed by atoms with van der Waals surface area (Å²) in [6, 6.07) is 0. The lowest BCUT2D eigenvalue weighted by Crippen LogP contribution is -2.22. The van der Waals surface area contributed by atoms with E-state index >= 15 is 0 Å². The summed E-state index contributed by atoms with van der Waals surface area (Å²) in [7, 11) is 0. The van der Waals surface area contributed by atoms with E-state index in [4.69, 9.17) is 0 Å². The van der Waals surface area contributed by atoms with E-state index in [9.17, 15) is 0 Å². The van der Waals surface area contributed by atoms with E-state index in [1.807, 2.05) is 19.2 Å². The summed E-state index contributed by atoms with van der Waals surface area (Å²) in [5, 5.41) is 3.19. The lowest BCUT2D eigenvalue weighted by molar-refractivity contribution is 0.402. The fourth-order valence-corrected chi connectivity index (χ4v) is 0.483. The molecule has 0 amide bonds. The Bertz CT molecular complexity index is 87.2. The van der Waals surface area contributed by atoms with E-state index in [1.165, 1.54) is 0 Å². The second-order valence-corrected chi connectivity index (χ2v) is 3.44. The molecule has 0 bridgehead atoms. The Morgan fingerprint density at radius 2 is 1.89 bits per heavy atom. The molecule has 0 aromatic heterocycles. The molecule has 0 aliphatic rings. The van der Waals surface area contributed by atoms with Gasteiger partial charge in [-0.15, -0.1) is 0 Å². The fourth-order valence-electron chi connectivity index (χ4n) is 0.483. The first kappa shape index (κ1) is 8.54. The monoisotopic (exact) mass is 127 g/mol. The third kappa shape index (κ3) is 7.54. The van der Waals surface area contributed by atoms with E-state index in [-0.39, 0.29) is 0 Å². The first-order valence-corrected chi connectivity index (χ1v) is 3.41. The first-order chi connectivity index (χ1) is 4.06. The van der Waals surface area contributed by atoms with Gasteiger partial charge in [-0.1, -0.05) is 26.8 Å². The molecular weight excluding hydrogens is 110 g/mol. The van der Waals surface area contributed by atoms with E-state index in [1.54, 1.807) is 0 Å². The largest absolute Gasteiger partial charge is 0.391 e. The summed E-state index contributed by atoms with van der Waals surface area (Å²) in [4.78, 5) is 0. The number of hydrogen-bond donors (Lipinski definition) is 1. The Kier molecular flexibility index (Phi) is 3.36. The highest BCUT2D eigenvalue weighted by Crippen LogP contribution is 2.09. The molecule has 0 saturated heterocycles. The predicted molar refractivity (Wildman–Crippen MR) is 42.3 cm³/mol. The lowest BCUT2D eigenvalue weighted by Gasteiger charge is -2.17. The van der Waals surface area contributed by atoms with E-state index < -0.39 is 0 Å². The highest BCUT2D eigenvalue weighted by atomic mass is 14.8. The van der Waals surface area contributed by atoms with E-state index in [0.717, 1.165) is 6.54 Å². The molecule has 0 aliphatic carbocycles. The van der Waals surface area contributed by atoms with Crippen LogP contribution in [-0.4, -0.2) is 6.54 Å². The van der Waals surface area contributed by atoms with Crippen LogP contribution in [0.4, 0.5) is 0 Å². The summed E-state index contributed by atoms with van der Waals surface area (Å²) in [6.07, 6.45) is 3.98. The van der Waals surface area contributed by atoms with E-state index in [2.05, 4.69) is 26.1 Å². The van der Waals surface area contributed by atoms with Gasteiger partial charge in [-0.3, -0.25) is 0 Å². The van der Waals surface area contributed by atoms with Gasteiger partial charge >= 0.3 is 0 Å². The molecule has 0 atom stereocenters. The van der Waals surface area contributed by atoms with Crippen molar-refractivity contribution < 1.29 is 0 Å². The summed E-state index contributed by atoms with van der Waals surface area (Å²) >= 11 is 0. The van der Waals surface area contributed by atoms with Crippen LogP contribution in [0, 0.1) is 5.41 Å². The minimum absolute atomic E-state index is 0.388. The highest BCUT2D eigenvalue weighted by molar-refractivity contribution is 4.77. The molecule has 0 rings (SSSR count). The summed E-state index contributed by atoms with van der Waals surface area (Å²) in [5.74, 6) is 0. The first-order valence-electron chi connectivity index (χ1n) is 3.41. The quantitative estimate of drug-likeness (QED) is 0.599. The van der Waals surface area contributed by atoms with Crippen LogP contribution in [0.2, 0.25) is 0 Å². The number of hydrogen-bond acceptors (Lipinski definition) is 1. The fraction of sp³-hybridized carbons (Fsp3) is 0.750. The molecular formula is C8H17N. The topological polar surface area (TPSA) is 12.0 Å². The average molecular weight is 127 g/mol. The van der Waals surface area contributed by atoms with Gasteiger partial charge < -0.3 is 5.32 Å². The van der Waals surface area contributed by atoms with Crippen LogP contribution in [0.15, 0.2) is 12.3 Å². The zero-order valence-corrected chi connectivity index (χ0v) is 6.86. The molecule has 54 valence electrons. The maximum Gasteiger partial charge on any atom is 0.0190 e. The van der Waals surface area contributed by atoms with Gasteiger partial charge in [0.25, 0.3) is 0 Å². The second-order valence-electron chi connectivity index (χ2n) is 3.44. The van der Waals surface area contributed by atoms with Gasteiger partial charge in [-0.2, -0.15) is 0 Å². The minimum Gasteiger partial charge on any atom is -0.391 e. The Balaban J connectivity index is 3.28. The number of rotatable bonds is 2. The molecule has 1 heteroatoms. The SMILES string of the molecule is C/C=C\NCC(C)(C)C. The van der Waals surface area contributed by atoms with Gasteiger partial charge in [-0.05, 0) is 18.5 Å². The van der Waals surface area contributed by atoms with Crippen molar-refractivity contribution in [2.24, 2.45) is 5.41 Å². The summed E-state index contributed by atoms with van der Waals surface area (Å²) in [6.45, 7) is 9.68. The second kappa shape index (κ2) is 3.54. The molecule has 0 heterocycles. The molecule has 0 spiro atoms. The third-order valence-electron chi connectivity index (χ3n) is 0.917. The maximum atomic E-state index is 3.19. The van der Waals surface area contributed by atoms with Crippen molar-refractivity contribution in [1.82, 2.24) is 5.32 Å². The van der Waals surface area contributed by atoms with Crippen molar-refractivity contribution in [3.63, 3.8) is 0 Å². The smallest absolute Gasteiger partial charge is 0.0190 e. The molecule has 0 aromatic carbocycles. The Labute approximate surface area is 58.2 Å². The highest BCUT2D eigenvalue weighted by Gasteiger charge is 2.06. The maximum absolute atomic E-state index is 3.19. The van der Waals surface area contributed by atoms with Crippen molar-refractivity contribution in [2.75, 3.05) is 6.54 Å². The van der Waals surface area contributed by atoms with Crippen LogP contribution in [0.5, 0.6) is 0 Å². The molecule has 0 saturated carbocycles. The average Bonchev–Trinajstić information content (AvgIpc) is 1.63. The van der Waals surface area contributed by atoms with Crippen molar-refractivity contribution in [3.8, 4) is 0 Å². The van der Waals surface area contributed by atoms with E-state index in [0.29, 0.717) is 5.41 Å². The van der Waals surface area contributed by atoms with Crippen molar-refractivity contribution in [2.45, 2.75) is 27.7 Å². The molecule has 0 radical (unpaired) electrons. The Morgan fingerprint density at radius 1 is 1.33 bits per heavy atom. The molecule has 1 N–H and O–H groups in total. The van der Waals surface area contributed by atoms with Gasteiger partial charge in [-0.25, -0.2) is 0 Å². The Morgan fingerprint density at radius 3 is 2.22 bits per heavy atom. The third-order valence-corrected chi connectivity index (χ3v) is 0.917. The van der Waals surface area contributed by atoms with Crippen molar-refractivity contribution >= 4 is 0 Å². The van der Waals surface area contributed by atoms with Gasteiger partial charge in [0.1, 0.15) is 0 Å². The molecule has 9 heavy (non-hydrogen) atoms.